The van der Waals surface area contributed by atoms with Crippen molar-refractivity contribution in [2.24, 2.45) is 0 Å². The average molecular weight is 343 g/mol. The molecule has 1 aliphatic heterocycles. The van der Waals surface area contributed by atoms with Crippen LogP contribution >= 0.6 is 24.8 Å². The predicted octanol–water partition coefficient (Wildman–Crippen LogP) is 1.56. The number of halogens is 2. The molecule has 0 radical (unpaired) electrons. The van der Waals surface area contributed by atoms with Gasteiger partial charge >= 0.3 is 0 Å². The molecule has 7 heteroatoms. The summed E-state index contributed by atoms with van der Waals surface area (Å²) in [5.74, 6) is 0.0691. The minimum Gasteiger partial charge on any atom is -0.353 e. The number of amides is 1. The van der Waals surface area contributed by atoms with Crippen molar-refractivity contribution in [3.63, 3.8) is 0 Å². The lowest BCUT2D eigenvalue weighted by Gasteiger charge is -2.25. The van der Waals surface area contributed by atoms with Gasteiger partial charge in [-0.05, 0) is 17.5 Å². The van der Waals surface area contributed by atoms with Crippen molar-refractivity contribution in [3.8, 4) is 0 Å². The third-order valence-electron chi connectivity index (χ3n) is 3.63. The average Bonchev–Trinajstić information content (AvgIpc) is 3.00. The summed E-state index contributed by atoms with van der Waals surface area (Å²) in [5.41, 5.74) is 2.55. The molecule has 22 heavy (non-hydrogen) atoms. The van der Waals surface area contributed by atoms with Crippen LogP contribution in [0.1, 0.15) is 11.1 Å². The van der Waals surface area contributed by atoms with Gasteiger partial charge in [-0.1, -0.05) is 24.3 Å². The number of rotatable bonds is 4. The molecule has 0 saturated heterocycles. The van der Waals surface area contributed by atoms with Gasteiger partial charge in [0.1, 0.15) is 0 Å². The first-order valence-electron chi connectivity index (χ1n) is 6.86. The van der Waals surface area contributed by atoms with E-state index < -0.39 is 0 Å². The van der Waals surface area contributed by atoms with E-state index in [1.807, 2.05) is 22.9 Å². The van der Waals surface area contributed by atoms with Crippen LogP contribution in [0.2, 0.25) is 0 Å². The number of imidazole rings is 1. The van der Waals surface area contributed by atoms with Gasteiger partial charge in [-0.2, -0.15) is 0 Å². The van der Waals surface area contributed by atoms with Gasteiger partial charge in [0.05, 0.1) is 12.4 Å². The molecule has 0 saturated carbocycles. The van der Waals surface area contributed by atoms with Crippen LogP contribution in [0.4, 0.5) is 0 Å². The molecular formula is C15H20Cl2N4O. The highest BCUT2D eigenvalue weighted by Crippen LogP contribution is 2.16. The second-order valence-electron chi connectivity index (χ2n) is 5.00. The second kappa shape index (κ2) is 8.78. The Morgan fingerprint density at radius 1 is 1.32 bits per heavy atom. The van der Waals surface area contributed by atoms with Crippen LogP contribution in [0, 0.1) is 0 Å². The Hall–Kier alpha value is -1.56. The summed E-state index contributed by atoms with van der Waals surface area (Å²) in [7, 11) is 0. The monoisotopic (exact) mass is 342 g/mol. The molecule has 0 bridgehead atoms. The summed E-state index contributed by atoms with van der Waals surface area (Å²) in [6.07, 6.45) is 6.14. The Balaban J connectivity index is 0.00000121. The molecule has 0 spiro atoms. The molecular weight excluding hydrogens is 323 g/mol. The van der Waals surface area contributed by atoms with Crippen molar-refractivity contribution in [2.45, 2.75) is 25.6 Å². The fraction of sp³-hybridized carbons (Fsp3) is 0.333. The van der Waals surface area contributed by atoms with Crippen LogP contribution < -0.4 is 10.6 Å². The van der Waals surface area contributed by atoms with Gasteiger partial charge in [0.15, 0.2) is 0 Å². The number of aromatic nitrogens is 2. The first-order valence-corrected chi connectivity index (χ1v) is 6.86. The fourth-order valence-corrected chi connectivity index (χ4v) is 2.49. The van der Waals surface area contributed by atoms with E-state index in [2.05, 4.69) is 27.8 Å². The van der Waals surface area contributed by atoms with Gasteiger partial charge in [-0.3, -0.25) is 4.79 Å². The number of carbonyl (C=O) groups is 1. The molecule has 1 unspecified atom stereocenters. The normalized spacial score (nSPS) is 15.9. The lowest BCUT2D eigenvalue weighted by Crippen LogP contribution is -2.48. The molecule has 1 aliphatic rings. The summed E-state index contributed by atoms with van der Waals surface area (Å²) in [4.78, 5) is 16.1. The number of nitrogens with zero attached hydrogens (tertiary/aromatic N) is 2. The third kappa shape index (κ3) is 4.47. The van der Waals surface area contributed by atoms with E-state index in [4.69, 9.17) is 0 Å². The number of hydrogen-bond donors (Lipinski definition) is 2. The second-order valence-corrected chi connectivity index (χ2v) is 5.00. The van der Waals surface area contributed by atoms with Crippen molar-refractivity contribution >= 4 is 30.7 Å². The van der Waals surface area contributed by atoms with Crippen molar-refractivity contribution in [3.05, 3.63) is 54.1 Å². The summed E-state index contributed by atoms with van der Waals surface area (Å²) < 4.78 is 1.95. The van der Waals surface area contributed by atoms with Crippen LogP contribution in [-0.4, -0.2) is 28.0 Å². The zero-order valence-corrected chi connectivity index (χ0v) is 13.7. The summed E-state index contributed by atoms with van der Waals surface area (Å²) in [6.45, 7) is 2.12. The summed E-state index contributed by atoms with van der Waals surface area (Å²) in [5, 5.41) is 6.26. The van der Waals surface area contributed by atoms with Crippen molar-refractivity contribution in [2.75, 3.05) is 6.54 Å². The lowest BCUT2D eigenvalue weighted by molar-refractivity contribution is -0.123. The Kier molecular flexibility index (Phi) is 7.38. The predicted molar refractivity (Wildman–Crippen MR) is 90.5 cm³/mol. The standard InChI is InChI=1S/C15H18N4O.2ClH/c20-15(17-6-8-19-7-5-16-11-19)14-9-12-3-1-2-4-13(12)10-18-14;;/h1-5,7,11,14,18H,6,8-10H2,(H,17,20);2*1H. The van der Waals surface area contributed by atoms with Crippen LogP contribution in [0.5, 0.6) is 0 Å². The highest BCUT2D eigenvalue weighted by atomic mass is 35.5. The first-order chi connectivity index (χ1) is 9.83. The zero-order chi connectivity index (χ0) is 13.8. The molecule has 3 rings (SSSR count). The Morgan fingerprint density at radius 3 is 2.82 bits per heavy atom. The molecule has 1 atom stereocenters. The summed E-state index contributed by atoms with van der Waals surface area (Å²) >= 11 is 0. The van der Waals surface area contributed by atoms with E-state index in [0.717, 1.165) is 19.5 Å². The van der Waals surface area contributed by atoms with Crippen molar-refractivity contribution in [1.82, 2.24) is 20.2 Å². The zero-order valence-electron chi connectivity index (χ0n) is 12.1. The topological polar surface area (TPSA) is 59.0 Å². The van der Waals surface area contributed by atoms with Gasteiger partial charge in [0.2, 0.25) is 5.91 Å². The quantitative estimate of drug-likeness (QED) is 0.886. The van der Waals surface area contributed by atoms with Gasteiger partial charge in [-0.25, -0.2) is 4.98 Å². The van der Waals surface area contributed by atoms with Gasteiger partial charge in [-0.15, -0.1) is 24.8 Å². The molecule has 5 nitrogen and oxygen atoms in total. The van der Waals surface area contributed by atoms with Crippen LogP contribution in [-0.2, 0) is 24.3 Å². The minimum absolute atomic E-state index is 0. The van der Waals surface area contributed by atoms with Gasteiger partial charge in [0.25, 0.3) is 0 Å². The Bertz CT molecular complexity index is 589. The molecule has 1 aromatic heterocycles. The van der Waals surface area contributed by atoms with Crippen molar-refractivity contribution in [1.29, 1.82) is 0 Å². The smallest absolute Gasteiger partial charge is 0.237 e. The minimum atomic E-state index is -0.132. The number of carbonyl (C=O) groups excluding carboxylic acids is 1. The molecule has 2 N–H and O–H groups in total. The van der Waals surface area contributed by atoms with E-state index in [1.165, 1.54) is 11.1 Å². The molecule has 2 aromatic rings. The number of nitrogens with one attached hydrogen (secondary N) is 2. The van der Waals surface area contributed by atoms with E-state index in [-0.39, 0.29) is 36.8 Å². The van der Waals surface area contributed by atoms with Gasteiger partial charge < -0.3 is 15.2 Å². The fourth-order valence-electron chi connectivity index (χ4n) is 2.49. The molecule has 0 aliphatic carbocycles. The van der Waals surface area contributed by atoms with Crippen LogP contribution in [0.3, 0.4) is 0 Å². The SMILES string of the molecule is Cl.Cl.O=C(NCCn1ccnc1)C1Cc2ccccc2CN1. The highest BCUT2D eigenvalue weighted by Gasteiger charge is 2.23. The van der Waals surface area contributed by atoms with Crippen LogP contribution in [0.25, 0.3) is 0 Å². The van der Waals surface area contributed by atoms with Crippen molar-refractivity contribution < 1.29 is 4.79 Å². The third-order valence-corrected chi connectivity index (χ3v) is 3.63. The van der Waals surface area contributed by atoms with E-state index in [0.29, 0.717) is 6.54 Å². The maximum absolute atomic E-state index is 12.1. The maximum atomic E-state index is 12.1. The summed E-state index contributed by atoms with van der Waals surface area (Å²) in [6, 6.07) is 8.13. The molecule has 0 fully saturated rings. The molecule has 120 valence electrons. The first kappa shape index (κ1) is 18.5. The van der Waals surface area contributed by atoms with E-state index in [1.54, 1.807) is 12.5 Å². The number of fused-ring (bicyclic) bond motifs is 1. The van der Waals surface area contributed by atoms with E-state index >= 15 is 0 Å². The van der Waals surface area contributed by atoms with Gasteiger partial charge in [0, 0.05) is 32.0 Å². The largest absolute Gasteiger partial charge is 0.353 e. The molecule has 2 heterocycles. The Labute approximate surface area is 142 Å². The molecule has 1 aromatic carbocycles. The number of benzene rings is 1. The van der Waals surface area contributed by atoms with Crippen LogP contribution in [0.15, 0.2) is 43.0 Å². The highest BCUT2D eigenvalue weighted by molar-refractivity contribution is 5.85. The lowest BCUT2D eigenvalue weighted by atomic mass is 9.95. The maximum Gasteiger partial charge on any atom is 0.237 e. The van der Waals surface area contributed by atoms with E-state index in [9.17, 15) is 4.79 Å². The molecule has 1 amide bonds. The Morgan fingerprint density at radius 2 is 2.09 bits per heavy atom. The number of hydrogen-bond acceptors (Lipinski definition) is 3.